The highest BCUT2D eigenvalue weighted by molar-refractivity contribution is 5.81. The molecule has 0 saturated carbocycles. The third kappa shape index (κ3) is 2.72. The van der Waals surface area contributed by atoms with E-state index >= 15 is 0 Å². The third-order valence-electron chi connectivity index (χ3n) is 5.09. The van der Waals surface area contributed by atoms with Gasteiger partial charge in [0.25, 0.3) is 0 Å². The van der Waals surface area contributed by atoms with Gasteiger partial charge in [0.05, 0.1) is 6.20 Å². The standard InChI is InChI=1S/C21H27N3/c1-7-17(8-2)19-12-24-21(23-16(19)6)18(11-22-24)20-14(4)9-13(3)10-15(20)5/h9-12,17H,7-8H2,1-6H3. The quantitative estimate of drug-likeness (QED) is 0.632. The zero-order valence-electron chi connectivity index (χ0n) is 15.6. The minimum Gasteiger partial charge on any atom is -0.233 e. The molecule has 2 aromatic heterocycles. The van der Waals surface area contributed by atoms with Crippen LogP contribution in [-0.4, -0.2) is 14.6 Å². The molecule has 3 nitrogen and oxygen atoms in total. The summed E-state index contributed by atoms with van der Waals surface area (Å²) < 4.78 is 1.95. The summed E-state index contributed by atoms with van der Waals surface area (Å²) >= 11 is 0. The van der Waals surface area contributed by atoms with Crippen LogP contribution >= 0.6 is 0 Å². The fourth-order valence-corrected chi connectivity index (χ4v) is 3.92. The summed E-state index contributed by atoms with van der Waals surface area (Å²) in [7, 11) is 0. The Morgan fingerprint density at radius 1 is 1.00 bits per heavy atom. The van der Waals surface area contributed by atoms with Gasteiger partial charge in [0.15, 0.2) is 5.65 Å². The third-order valence-corrected chi connectivity index (χ3v) is 5.09. The second-order valence-corrected chi connectivity index (χ2v) is 6.90. The molecule has 0 saturated heterocycles. The molecule has 0 fully saturated rings. The van der Waals surface area contributed by atoms with Crippen LogP contribution in [0.5, 0.6) is 0 Å². The lowest BCUT2D eigenvalue weighted by molar-refractivity contribution is 0.628. The van der Waals surface area contributed by atoms with Crippen LogP contribution in [0.4, 0.5) is 0 Å². The Hall–Kier alpha value is -2.16. The summed E-state index contributed by atoms with van der Waals surface area (Å²) in [5.41, 5.74) is 9.65. The average molecular weight is 321 g/mol. The van der Waals surface area contributed by atoms with Gasteiger partial charge < -0.3 is 0 Å². The van der Waals surface area contributed by atoms with Crippen LogP contribution in [0.15, 0.2) is 24.5 Å². The van der Waals surface area contributed by atoms with Crippen LogP contribution < -0.4 is 0 Å². The van der Waals surface area contributed by atoms with E-state index in [4.69, 9.17) is 4.98 Å². The largest absolute Gasteiger partial charge is 0.233 e. The molecule has 1 aromatic carbocycles. The first-order chi connectivity index (χ1) is 11.5. The van der Waals surface area contributed by atoms with Gasteiger partial charge in [0.2, 0.25) is 0 Å². The zero-order chi connectivity index (χ0) is 17.4. The Balaban J connectivity index is 2.21. The van der Waals surface area contributed by atoms with Gasteiger partial charge in [0.1, 0.15) is 0 Å². The van der Waals surface area contributed by atoms with Crippen molar-refractivity contribution in [1.82, 2.24) is 14.6 Å². The summed E-state index contributed by atoms with van der Waals surface area (Å²) in [6.45, 7) is 13.1. The molecule has 0 aliphatic heterocycles. The summed E-state index contributed by atoms with van der Waals surface area (Å²) in [5, 5.41) is 4.61. The van der Waals surface area contributed by atoms with Crippen LogP contribution in [0.1, 0.15) is 60.6 Å². The van der Waals surface area contributed by atoms with Crippen molar-refractivity contribution < 1.29 is 0 Å². The molecule has 24 heavy (non-hydrogen) atoms. The van der Waals surface area contributed by atoms with E-state index in [2.05, 4.69) is 65.0 Å². The van der Waals surface area contributed by atoms with E-state index in [1.54, 1.807) is 0 Å². The second kappa shape index (κ2) is 6.39. The SMILES string of the molecule is CCC(CC)c1cn2ncc(-c3c(C)cc(C)cc3C)c2nc1C. The monoisotopic (exact) mass is 321 g/mol. The summed E-state index contributed by atoms with van der Waals surface area (Å²) in [4.78, 5) is 4.93. The van der Waals surface area contributed by atoms with Gasteiger partial charge in [-0.3, -0.25) is 0 Å². The van der Waals surface area contributed by atoms with Gasteiger partial charge >= 0.3 is 0 Å². The smallest absolute Gasteiger partial charge is 0.163 e. The van der Waals surface area contributed by atoms with Crippen molar-refractivity contribution in [2.45, 2.75) is 60.3 Å². The van der Waals surface area contributed by atoms with Crippen molar-refractivity contribution in [1.29, 1.82) is 0 Å². The molecule has 0 radical (unpaired) electrons. The molecule has 0 bridgehead atoms. The lowest BCUT2D eigenvalue weighted by Gasteiger charge is -2.16. The lowest BCUT2D eigenvalue weighted by Crippen LogP contribution is -2.05. The predicted molar refractivity (Wildman–Crippen MR) is 101 cm³/mol. The maximum absolute atomic E-state index is 4.93. The van der Waals surface area contributed by atoms with Gasteiger partial charge in [0, 0.05) is 17.5 Å². The first-order valence-electron chi connectivity index (χ1n) is 8.89. The molecule has 2 heterocycles. The molecule has 0 spiro atoms. The van der Waals surface area contributed by atoms with E-state index in [0.717, 1.165) is 29.7 Å². The molecular weight excluding hydrogens is 294 g/mol. The number of nitrogens with zero attached hydrogens (tertiary/aromatic N) is 3. The van der Waals surface area contributed by atoms with Crippen LogP contribution in [0.25, 0.3) is 16.8 Å². The number of aromatic nitrogens is 3. The highest BCUT2D eigenvalue weighted by Crippen LogP contribution is 2.32. The fourth-order valence-electron chi connectivity index (χ4n) is 3.92. The molecule has 126 valence electrons. The first kappa shape index (κ1) is 16.7. The lowest BCUT2D eigenvalue weighted by atomic mass is 9.93. The van der Waals surface area contributed by atoms with Gasteiger partial charge in [-0.2, -0.15) is 5.10 Å². The van der Waals surface area contributed by atoms with E-state index in [1.165, 1.54) is 27.8 Å². The predicted octanol–water partition coefficient (Wildman–Crippen LogP) is 5.53. The van der Waals surface area contributed by atoms with Crippen molar-refractivity contribution in [3.05, 3.63) is 52.5 Å². The molecule has 3 rings (SSSR count). The molecule has 3 aromatic rings. The molecule has 0 unspecified atom stereocenters. The maximum atomic E-state index is 4.93. The number of hydrogen-bond donors (Lipinski definition) is 0. The van der Waals surface area contributed by atoms with Crippen molar-refractivity contribution in [2.75, 3.05) is 0 Å². The Morgan fingerprint density at radius 2 is 1.62 bits per heavy atom. The van der Waals surface area contributed by atoms with E-state index < -0.39 is 0 Å². The number of aryl methyl sites for hydroxylation is 4. The average Bonchev–Trinajstić information content (AvgIpc) is 2.90. The minimum absolute atomic E-state index is 0.553. The molecule has 0 amide bonds. The fraction of sp³-hybridized carbons (Fsp3) is 0.429. The molecule has 0 aliphatic rings. The Kier molecular flexibility index (Phi) is 4.44. The normalized spacial score (nSPS) is 11.6. The van der Waals surface area contributed by atoms with E-state index in [1.807, 2.05) is 10.7 Å². The van der Waals surface area contributed by atoms with Crippen LogP contribution in [-0.2, 0) is 0 Å². The second-order valence-electron chi connectivity index (χ2n) is 6.90. The number of fused-ring (bicyclic) bond motifs is 1. The van der Waals surface area contributed by atoms with Crippen LogP contribution in [0, 0.1) is 27.7 Å². The molecule has 3 heteroatoms. The van der Waals surface area contributed by atoms with E-state index in [0.29, 0.717) is 5.92 Å². The highest BCUT2D eigenvalue weighted by atomic mass is 15.2. The highest BCUT2D eigenvalue weighted by Gasteiger charge is 2.17. The Bertz CT molecular complexity index is 862. The number of hydrogen-bond acceptors (Lipinski definition) is 2. The topological polar surface area (TPSA) is 30.2 Å². The van der Waals surface area contributed by atoms with Crippen molar-refractivity contribution in [2.24, 2.45) is 0 Å². The van der Waals surface area contributed by atoms with Crippen LogP contribution in [0.2, 0.25) is 0 Å². The van der Waals surface area contributed by atoms with Crippen molar-refractivity contribution >= 4 is 5.65 Å². The number of benzene rings is 1. The van der Waals surface area contributed by atoms with E-state index in [-0.39, 0.29) is 0 Å². The van der Waals surface area contributed by atoms with Gasteiger partial charge in [-0.15, -0.1) is 0 Å². The number of rotatable bonds is 4. The van der Waals surface area contributed by atoms with Gasteiger partial charge in [-0.05, 0) is 68.7 Å². The molecule has 0 atom stereocenters. The Morgan fingerprint density at radius 3 is 2.21 bits per heavy atom. The molecule has 0 aliphatic carbocycles. The van der Waals surface area contributed by atoms with Gasteiger partial charge in [-0.25, -0.2) is 9.50 Å². The van der Waals surface area contributed by atoms with Gasteiger partial charge in [-0.1, -0.05) is 31.5 Å². The minimum atomic E-state index is 0.553. The van der Waals surface area contributed by atoms with Crippen LogP contribution in [0.3, 0.4) is 0 Å². The van der Waals surface area contributed by atoms with E-state index in [9.17, 15) is 0 Å². The first-order valence-corrected chi connectivity index (χ1v) is 8.89. The van der Waals surface area contributed by atoms with Crippen molar-refractivity contribution in [3.63, 3.8) is 0 Å². The Labute approximate surface area is 144 Å². The summed E-state index contributed by atoms with van der Waals surface area (Å²) in [6, 6.07) is 4.47. The maximum Gasteiger partial charge on any atom is 0.163 e. The summed E-state index contributed by atoms with van der Waals surface area (Å²) in [6.07, 6.45) is 6.41. The molecule has 0 N–H and O–H groups in total. The summed E-state index contributed by atoms with van der Waals surface area (Å²) in [5.74, 6) is 0.553. The molecular formula is C21H27N3. The zero-order valence-corrected chi connectivity index (χ0v) is 15.6. The van der Waals surface area contributed by atoms with Crippen molar-refractivity contribution in [3.8, 4) is 11.1 Å².